The number of rotatable bonds is 4. The maximum absolute atomic E-state index is 12.6. The van der Waals surface area contributed by atoms with E-state index in [9.17, 15) is 13.2 Å². The molecule has 25 heavy (non-hydrogen) atoms. The zero-order valence-electron chi connectivity index (χ0n) is 15.2. The molecule has 0 aromatic heterocycles. The molecule has 1 fully saturated rings. The smallest absolute Gasteiger partial charge is 0.241 e. The normalized spacial score (nSPS) is 18.3. The van der Waals surface area contributed by atoms with Crippen molar-refractivity contribution < 1.29 is 13.2 Å². The Morgan fingerprint density at radius 1 is 1.28 bits per heavy atom. The Morgan fingerprint density at radius 3 is 2.52 bits per heavy atom. The number of anilines is 1. The van der Waals surface area contributed by atoms with Crippen LogP contribution in [0.1, 0.15) is 39.2 Å². The minimum absolute atomic E-state index is 0. The number of halogens is 1. The molecule has 1 aromatic carbocycles. The molecule has 0 saturated carbocycles. The molecule has 6 nitrogen and oxygen atoms in total. The van der Waals surface area contributed by atoms with Gasteiger partial charge in [-0.15, -0.1) is 12.4 Å². The van der Waals surface area contributed by atoms with Crippen molar-refractivity contribution in [3.8, 4) is 0 Å². The van der Waals surface area contributed by atoms with Crippen LogP contribution in [0.3, 0.4) is 0 Å². The maximum Gasteiger partial charge on any atom is 0.241 e. The minimum atomic E-state index is -3.65. The molecule has 1 unspecified atom stereocenters. The Kier molecular flexibility index (Phi) is 7.43. The molecule has 0 aliphatic carbocycles. The van der Waals surface area contributed by atoms with E-state index in [2.05, 4.69) is 15.4 Å². The quantitative estimate of drug-likeness (QED) is 0.738. The number of nitrogens with one attached hydrogen (secondary N) is 3. The van der Waals surface area contributed by atoms with Crippen LogP contribution in [0.4, 0.5) is 5.69 Å². The molecule has 1 amide bonds. The van der Waals surface area contributed by atoms with Crippen LogP contribution in [0.2, 0.25) is 0 Å². The van der Waals surface area contributed by atoms with Gasteiger partial charge in [0.25, 0.3) is 0 Å². The largest absolute Gasteiger partial charge is 0.326 e. The highest BCUT2D eigenvalue weighted by molar-refractivity contribution is 7.89. The number of benzene rings is 1. The van der Waals surface area contributed by atoms with Gasteiger partial charge in [-0.05, 0) is 64.8 Å². The third-order valence-corrected chi connectivity index (χ3v) is 5.84. The number of hydrogen-bond acceptors (Lipinski definition) is 4. The summed E-state index contributed by atoms with van der Waals surface area (Å²) in [6.07, 6.45) is 1.82. The number of hydrogen-bond donors (Lipinski definition) is 3. The van der Waals surface area contributed by atoms with E-state index in [0.717, 1.165) is 19.4 Å². The number of carbonyl (C=O) groups excluding carboxylic acids is 1. The summed E-state index contributed by atoms with van der Waals surface area (Å²) in [5.41, 5.74) is 0.520. The zero-order chi connectivity index (χ0) is 18.0. The summed E-state index contributed by atoms with van der Waals surface area (Å²) in [5, 5.41) is 6.09. The predicted octanol–water partition coefficient (Wildman–Crippen LogP) is 2.43. The van der Waals surface area contributed by atoms with Crippen LogP contribution in [0.15, 0.2) is 23.1 Å². The lowest BCUT2D eigenvalue weighted by atomic mass is 9.98. The molecule has 1 atom stereocenters. The van der Waals surface area contributed by atoms with E-state index < -0.39 is 15.6 Å². The zero-order valence-corrected chi connectivity index (χ0v) is 16.8. The van der Waals surface area contributed by atoms with Gasteiger partial charge in [0.15, 0.2) is 0 Å². The van der Waals surface area contributed by atoms with E-state index in [0.29, 0.717) is 17.8 Å². The molecule has 3 N–H and O–H groups in total. The third-order valence-electron chi connectivity index (χ3n) is 3.94. The summed E-state index contributed by atoms with van der Waals surface area (Å²) in [6, 6.07) is 4.94. The Labute approximate surface area is 156 Å². The molecule has 8 heteroatoms. The van der Waals surface area contributed by atoms with E-state index >= 15 is 0 Å². The molecular weight excluding hydrogens is 362 g/mol. The van der Waals surface area contributed by atoms with Gasteiger partial charge in [-0.1, -0.05) is 6.07 Å². The van der Waals surface area contributed by atoms with Gasteiger partial charge in [-0.2, -0.15) is 0 Å². The van der Waals surface area contributed by atoms with Crippen molar-refractivity contribution in [1.29, 1.82) is 0 Å². The fourth-order valence-electron chi connectivity index (χ4n) is 2.81. The SMILES string of the molecule is Cc1c(NC(=O)C2CCCNC2)cccc1S(=O)(=O)NC(C)(C)C.Cl. The van der Waals surface area contributed by atoms with Gasteiger partial charge in [0.2, 0.25) is 15.9 Å². The first-order valence-corrected chi connectivity index (χ1v) is 9.74. The molecule has 142 valence electrons. The fraction of sp³-hybridized carbons (Fsp3) is 0.588. The van der Waals surface area contributed by atoms with Crippen LogP contribution in [-0.2, 0) is 14.8 Å². The number of amides is 1. The average Bonchev–Trinajstić information content (AvgIpc) is 2.47. The maximum atomic E-state index is 12.6. The van der Waals surface area contributed by atoms with Gasteiger partial charge in [0.1, 0.15) is 0 Å². The highest BCUT2D eigenvalue weighted by atomic mass is 35.5. The van der Waals surface area contributed by atoms with Crippen molar-refractivity contribution in [3.63, 3.8) is 0 Å². The topological polar surface area (TPSA) is 87.3 Å². The van der Waals surface area contributed by atoms with Crippen molar-refractivity contribution in [2.45, 2.75) is 51.0 Å². The van der Waals surface area contributed by atoms with Gasteiger partial charge >= 0.3 is 0 Å². The lowest BCUT2D eigenvalue weighted by Gasteiger charge is -2.24. The van der Waals surface area contributed by atoms with Crippen LogP contribution in [0.25, 0.3) is 0 Å². The molecule has 0 radical (unpaired) electrons. The highest BCUT2D eigenvalue weighted by Crippen LogP contribution is 2.25. The fourth-order valence-corrected chi connectivity index (χ4v) is 4.50. The number of carbonyl (C=O) groups is 1. The van der Waals surface area contributed by atoms with Crippen molar-refractivity contribution in [2.24, 2.45) is 5.92 Å². The first-order chi connectivity index (χ1) is 11.1. The van der Waals surface area contributed by atoms with Gasteiger partial charge in [0.05, 0.1) is 10.8 Å². The Hall–Kier alpha value is -1.15. The summed E-state index contributed by atoms with van der Waals surface area (Å²) in [6.45, 7) is 8.69. The summed E-state index contributed by atoms with van der Waals surface area (Å²) >= 11 is 0. The Balaban J connectivity index is 0.00000312. The van der Waals surface area contributed by atoms with Crippen LogP contribution in [0, 0.1) is 12.8 Å². The molecule has 1 saturated heterocycles. The van der Waals surface area contributed by atoms with Crippen LogP contribution >= 0.6 is 12.4 Å². The van der Waals surface area contributed by atoms with Gasteiger partial charge in [0, 0.05) is 17.8 Å². The van der Waals surface area contributed by atoms with Crippen LogP contribution in [0.5, 0.6) is 0 Å². The standard InChI is InChI=1S/C17H27N3O3S.ClH/c1-12-14(19-16(21)13-7-6-10-18-11-13)8-5-9-15(12)24(22,23)20-17(2,3)4;/h5,8-9,13,18,20H,6-7,10-11H2,1-4H3,(H,19,21);1H. The second-order valence-corrected chi connectivity index (χ2v) is 8.97. The molecule has 1 heterocycles. The second kappa shape index (κ2) is 8.49. The average molecular weight is 390 g/mol. The molecule has 1 aromatic rings. The summed E-state index contributed by atoms with van der Waals surface area (Å²) < 4.78 is 27.8. The van der Waals surface area contributed by atoms with Crippen LogP contribution < -0.4 is 15.4 Å². The third kappa shape index (κ3) is 5.95. The Bertz CT molecular complexity index is 708. The van der Waals surface area contributed by atoms with Gasteiger partial charge < -0.3 is 10.6 Å². The predicted molar refractivity (Wildman–Crippen MR) is 103 cm³/mol. The molecule has 1 aliphatic rings. The molecule has 2 rings (SSSR count). The van der Waals surface area contributed by atoms with E-state index in [1.165, 1.54) is 0 Å². The molecule has 0 bridgehead atoms. The molecule has 1 aliphatic heterocycles. The van der Waals surface area contributed by atoms with Crippen LogP contribution in [-0.4, -0.2) is 33.0 Å². The van der Waals surface area contributed by atoms with E-state index in [4.69, 9.17) is 0 Å². The van der Waals surface area contributed by atoms with E-state index in [1.54, 1.807) is 45.9 Å². The first-order valence-electron chi connectivity index (χ1n) is 8.25. The second-order valence-electron chi connectivity index (χ2n) is 7.32. The van der Waals surface area contributed by atoms with Crippen molar-refractivity contribution in [3.05, 3.63) is 23.8 Å². The summed E-state index contributed by atoms with van der Waals surface area (Å²) in [4.78, 5) is 12.6. The molecular formula is C17H28ClN3O3S. The first kappa shape index (κ1) is 21.9. The molecule has 0 spiro atoms. The lowest BCUT2D eigenvalue weighted by Crippen LogP contribution is -2.40. The van der Waals surface area contributed by atoms with Crippen molar-refractivity contribution in [2.75, 3.05) is 18.4 Å². The minimum Gasteiger partial charge on any atom is -0.326 e. The number of sulfonamides is 1. The van der Waals surface area contributed by atoms with Crippen molar-refractivity contribution in [1.82, 2.24) is 10.0 Å². The highest BCUT2D eigenvalue weighted by Gasteiger charge is 2.26. The van der Waals surface area contributed by atoms with Gasteiger partial charge in [-0.3, -0.25) is 4.79 Å². The van der Waals surface area contributed by atoms with E-state index in [-0.39, 0.29) is 29.1 Å². The number of piperidine rings is 1. The van der Waals surface area contributed by atoms with E-state index in [1.807, 2.05) is 0 Å². The van der Waals surface area contributed by atoms with Gasteiger partial charge in [-0.25, -0.2) is 13.1 Å². The van der Waals surface area contributed by atoms with Crippen molar-refractivity contribution >= 4 is 34.0 Å². The summed E-state index contributed by atoms with van der Waals surface area (Å²) in [7, 11) is -3.65. The lowest BCUT2D eigenvalue weighted by molar-refractivity contribution is -0.120. The summed E-state index contributed by atoms with van der Waals surface area (Å²) in [5.74, 6) is -0.144. The monoisotopic (exact) mass is 389 g/mol. The Morgan fingerprint density at radius 2 is 1.96 bits per heavy atom.